The molecule has 9 heteroatoms. The van der Waals surface area contributed by atoms with Gasteiger partial charge in [-0.05, 0) is 61.4 Å². The van der Waals surface area contributed by atoms with Gasteiger partial charge < -0.3 is 30.7 Å². The lowest BCUT2D eigenvalue weighted by Crippen LogP contribution is -2.50. The number of carbonyl (C=O) groups excluding carboxylic acids is 3. The minimum absolute atomic E-state index is 0.0515. The maximum Gasteiger partial charge on any atom is 0.257 e. The number of hydrogen-bond donors (Lipinski definition) is 4. The van der Waals surface area contributed by atoms with Crippen molar-refractivity contribution in [1.29, 1.82) is 0 Å². The average molecular weight is 551 g/mol. The Balaban J connectivity index is 1.59. The predicted molar refractivity (Wildman–Crippen MR) is 153 cm³/mol. The molecule has 2 aliphatic rings. The van der Waals surface area contributed by atoms with Crippen molar-refractivity contribution in [2.45, 2.75) is 44.9 Å². The Hall–Kier alpha value is -3.59. The molecule has 4 rings (SSSR count). The van der Waals surface area contributed by atoms with Crippen molar-refractivity contribution in [3.05, 3.63) is 59.7 Å². The highest BCUT2D eigenvalue weighted by atomic mass is 16.5. The lowest BCUT2D eigenvalue weighted by molar-refractivity contribution is -0.132. The van der Waals surface area contributed by atoms with Gasteiger partial charge in [0.2, 0.25) is 11.8 Å². The molecule has 9 nitrogen and oxygen atoms in total. The van der Waals surface area contributed by atoms with E-state index in [1.165, 1.54) is 0 Å². The van der Waals surface area contributed by atoms with E-state index >= 15 is 0 Å². The number of carbonyl (C=O) groups is 3. The zero-order valence-electron chi connectivity index (χ0n) is 23.4. The first-order valence-corrected chi connectivity index (χ1v) is 14.3. The monoisotopic (exact) mass is 550 g/mol. The van der Waals surface area contributed by atoms with Crippen LogP contribution in [0.1, 0.15) is 43.2 Å². The highest BCUT2D eigenvalue weighted by Gasteiger charge is 2.43. The number of ether oxygens (including phenoxy) is 2. The number of methoxy groups -OCH3 is 1. The molecule has 216 valence electrons. The molecule has 0 saturated heterocycles. The summed E-state index contributed by atoms with van der Waals surface area (Å²) in [6.07, 6.45) is 5.06. The van der Waals surface area contributed by atoms with Gasteiger partial charge in [0, 0.05) is 32.6 Å². The van der Waals surface area contributed by atoms with Crippen LogP contribution in [-0.4, -0.2) is 64.2 Å². The van der Waals surface area contributed by atoms with Gasteiger partial charge >= 0.3 is 0 Å². The third-order valence-corrected chi connectivity index (χ3v) is 7.53. The Labute approximate surface area is 236 Å². The fraction of sp³-hybridized carbons (Fsp3) is 0.516. The summed E-state index contributed by atoms with van der Waals surface area (Å²) in [7, 11) is 1.55. The second kappa shape index (κ2) is 14.7. The van der Waals surface area contributed by atoms with Gasteiger partial charge in [0.15, 0.2) is 18.1 Å². The zero-order valence-corrected chi connectivity index (χ0v) is 23.4. The van der Waals surface area contributed by atoms with Gasteiger partial charge in [-0.25, -0.2) is 0 Å². The molecule has 1 aliphatic heterocycles. The SMILES string of the molecule is COc1ccc2cc1OCC(=O)NCCNCCCC(=O)NCC(CC1CC1)(C(=O)NCCc1ccccc1)C2. The lowest BCUT2D eigenvalue weighted by atomic mass is 9.75. The lowest BCUT2D eigenvalue weighted by Gasteiger charge is -2.33. The van der Waals surface area contributed by atoms with Gasteiger partial charge in [0.05, 0.1) is 12.5 Å². The molecule has 1 aliphatic carbocycles. The predicted octanol–water partition coefficient (Wildman–Crippen LogP) is 2.38. The molecular formula is C31H42N4O5. The second-order valence-corrected chi connectivity index (χ2v) is 10.9. The summed E-state index contributed by atoms with van der Waals surface area (Å²) in [4.78, 5) is 39.1. The first-order chi connectivity index (χ1) is 19.5. The van der Waals surface area contributed by atoms with Crippen LogP contribution >= 0.6 is 0 Å². The van der Waals surface area contributed by atoms with E-state index in [0.29, 0.717) is 69.3 Å². The van der Waals surface area contributed by atoms with Crippen LogP contribution in [0.15, 0.2) is 48.5 Å². The minimum Gasteiger partial charge on any atom is -0.493 e. The second-order valence-electron chi connectivity index (χ2n) is 10.9. The molecule has 2 aromatic rings. The van der Waals surface area contributed by atoms with Crippen LogP contribution in [0, 0.1) is 11.3 Å². The maximum atomic E-state index is 14.0. The van der Waals surface area contributed by atoms with E-state index in [9.17, 15) is 14.4 Å². The molecule has 1 saturated carbocycles. The molecule has 1 fully saturated rings. The largest absolute Gasteiger partial charge is 0.493 e. The molecule has 1 unspecified atom stereocenters. The minimum atomic E-state index is -0.819. The maximum absolute atomic E-state index is 14.0. The zero-order chi connectivity index (χ0) is 28.2. The van der Waals surface area contributed by atoms with Gasteiger partial charge in [-0.3, -0.25) is 14.4 Å². The Morgan fingerprint density at radius 2 is 1.88 bits per heavy atom. The van der Waals surface area contributed by atoms with Gasteiger partial charge in [0.1, 0.15) is 0 Å². The fourth-order valence-corrected chi connectivity index (χ4v) is 5.16. The number of rotatable bonds is 7. The third-order valence-electron chi connectivity index (χ3n) is 7.53. The summed E-state index contributed by atoms with van der Waals surface area (Å²) >= 11 is 0. The number of hydrogen-bond acceptors (Lipinski definition) is 6. The molecule has 3 amide bonds. The van der Waals surface area contributed by atoms with Crippen LogP contribution in [0.2, 0.25) is 0 Å². The Bertz CT molecular complexity index is 1140. The Morgan fingerprint density at radius 1 is 1.05 bits per heavy atom. The van der Waals surface area contributed by atoms with Crippen LogP contribution in [-0.2, 0) is 27.2 Å². The highest BCUT2D eigenvalue weighted by molar-refractivity contribution is 5.85. The molecule has 0 spiro atoms. The molecule has 0 radical (unpaired) electrons. The molecule has 1 atom stereocenters. The van der Waals surface area contributed by atoms with E-state index in [0.717, 1.165) is 30.4 Å². The normalized spacial score (nSPS) is 21.1. The summed E-state index contributed by atoms with van der Waals surface area (Å²) in [6.45, 7) is 2.37. The summed E-state index contributed by atoms with van der Waals surface area (Å²) in [5, 5.41) is 12.3. The molecule has 2 bridgehead atoms. The Kier molecular flexibility index (Phi) is 10.8. The van der Waals surface area contributed by atoms with Crippen molar-refractivity contribution in [1.82, 2.24) is 21.3 Å². The van der Waals surface area contributed by atoms with Crippen molar-refractivity contribution < 1.29 is 23.9 Å². The van der Waals surface area contributed by atoms with Crippen LogP contribution in [0.3, 0.4) is 0 Å². The van der Waals surface area contributed by atoms with Gasteiger partial charge in [-0.2, -0.15) is 0 Å². The molecule has 40 heavy (non-hydrogen) atoms. The number of amides is 3. The van der Waals surface area contributed by atoms with Crippen molar-refractivity contribution in [3.63, 3.8) is 0 Å². The topological polar surface area (TPSA) is 118 Å². The van der Waals surface area contributed by atoms with E-state index in [4.69, 9.17) is 9.47 Å². The summed E-state index contributed by atoms with van der Waals surface area (Å²) < 4.78 is 11.3. The van der Waals surface area contributed by atoms with E-state index < -0.39 is 5.41 Å². The van der Waals surface area contributed by atoms with Crippen LogP contribution in [0.4, 0.5) is 0 Å². The summed E-state index contributed by atoms with van der Waals surface area (Å²) in [5.74, 6) is 1.08. The molecular weight excluding hydrogens is 508 g/mol. The van der Waals surface area contributed by atoms with E-state index in [-0.39, 0.29) is 30.9 Å². The summed E-state index contributed by atoms with van der Waals surface area (Å²) in [5.41, 5.74) is 1.22. The Morgan fingerprint density at radius 3 is 2.65 bits per heavy atom. The van der Waals surface area contributed by atoms with Crippen LogP contribution in [0.5, 0.6) is 11.5 Å². The number of nitrogens with one attached hydrogen (secondary N) is 4. The van der Waals surface area contributed by atoms with E-state index in [1.54, 1.807) is 13.2 Å². The van der Waals surface area contributed by atoms with Gasteiger partial charge in [0.25, 0.3) is 5.91 Å². The van der Waals surface area contributed by atoms with Crippen molar-refractivity contribution >= 4 is 17.7 Å². The fourth-order valence-electron chi connectivity index (χ4n) is 5.16. The quantitative estimate of drug-likeness (QED) is 0.421. The number of benzene rings is 2. The molecule has 0 aromatic heterocycles. The highest BCUT2D eigenvalue weighted by Crippen LogP contribution is 2.43. The smallest absolute Gasteiger partial charge is 0.257 e. The molecule has 4 N–H and O–H groups in total. The summed E-state index contributed by atoms with van der Waals surface area (Å²) in [6, 6.07) is 15.7. The van der Waals surface area contributed by atoms with Crippen molar-refractivity contribution in [3.8, 4) is 11.5 Å². The van der Waals surface area contributed by atoms with E-state index in [2.05, 4.69) is 33.4 Å². The van der Waals surface area contributed by atoms with E-state index in [1.807, 2.05) is 30.3 Å². The van der Waals surface area contributed by atoms with Crippen molar-refractivity contribution in [2.24, 2.45) is 11.3 Å². The van der Waals surface area contributed by atoms with Gasteiger partial charge in [-0.1, -0.05) is 49.2 Å². The first-order valence-electron chi connectivity index (χ1n) is 14.3. The third kappa shape index (κ3) is 8.98. The van der Waals surface area contributed by atoms with Crippen LogP contribution in [0.25, 0.3) is 0 Å². The molecule has 1 heterocycles. The van der Waals surface area contributed by atoms with Gasteiger partial charge in [-0.15, -0.1) is 0 Å². The molecule has 2 aromatic carbocycles. The first kappa shape index (κ1) is 29.4. The van der Waals surface area contributed by atoms with Crippen molar-refractivity contribution in [2.75, 3.05) is 46.4 Å². The van der Waals surface area contributed by atoms with Crippen LogP contribution < -0.4 is 30.7 Å². The average Bonchev–Trinajstić information content (AvgIpc) is 3.78. The standard InChI is InChI=1S/C31H42N4O5/c1-39-26-12-11-25-18-27(26)40-21-29(37)33-17-16-32-14-5-8-28(36)35-22-31(20-25,19-24-9-10-24)30(38)34-15-13-23-6-3-2-4-7-23/h2-4,6-7,11-12,18,24,32H,5,8-10,13-17,19-22H2,1H3,(H,33,37)(H,34,38)(H,35,36). The number of fused-ring (bicyclic) bond motifs is 2.